The molecule has 0 saturated heterocycles. The number of anilines is 2. The maximum atomic E-state index is 5.28. The van der Waals surface area contributed by atoms with Gasteiger partial charge in [0.25, 0.3) is 0 Å². The predicted octanol–water partition coefficient (Wildman–Crippen LogP) is 1.01. The highest BCUT2D eigenvalue weighted by molar-refractivity contribution is 5.35. The van der Waals surface area contributed by atoms with Crippen LogP contribution in [0, 0.1) is 5.41 Å². The van der Waals surface area contributed by atoms with Gasteiger partial charge in [0, 0.05) is 6.54 Å². The average Bonchev–Trinajstić information content (AvgIpc) is 2.25. The third-order valence-corrected chi connectivity index (χ3v) is 1.79. The summed E-state index contributed by atoms with van der Waals surface area (Å²) in [6.45, 7) is 9.45. The molecule has 0 aliphatic rings. The van der Waals surface area contributed by atoms with E-state index < -0.39 is 0 Å². The first-order valence-corrected chi connectivity index (χ1v) is 5.54. The molecule has 7 heteroatoms. The number of hydrogen-bond acceptors (Lipinski definition) is 7. The average molecular weight is 240 g/mol. The van der Waals surface area contributed by atoms with E-state index >= 15 is 0 Å². The Bertz CT molecular complexity index is 362. The normalized spacial score (nSPS) is 11.1. The highest BCUT2D eigenvalue weighted by atomic mass is 16.5. The van der Waals surface area contributed by atoms with E-state index in [2.05, 4.69) is 46.5 Å². The molecule has 0 spiro atoms. The summed E-state index contributed by atoms with van der Waals surface area (Å²) in [7, 11) is 0. The van der Waals surface area contributed by atoms with Gasteiger partial charge >= 0.3 is 6.01 Å². The first-order valence-electron chi connectivity index (χ1n) is 5.54. The lowest BCUT2D eigenvalue weighted by atomic mass is 9.97. The summed E-state index contributed by atoms with van der Waals surface area (Å²) in [6.07, 6.45) is 0. The molecule has 0 atom stereocenters. The van der Waals surface area contributed by atoms with E-state index in [0.29, 0.717) is 12.6 Å². The van der Waals surface area contributed by atoms with Crippen LogP contribution in [0.25, 0.3) is 0 Å². The van der Waals surface area contributed by atoms with Crippen molar-refractivity contribution in [3.05, 3.63) is 0 Å². The van der Waals surface area contributed by atoms with Crippen molar-refractivity contribution in [3.63, 3.8) is 0 Å². The van der Waals surface area contributed by atoms with Crippen LogP contribution < -0.4 is 21.3 Å². The van der Waals surface area contributed by atoms with Gasteiger partial charge in [-0.25, -0.2) is 5.84 Å². The Labute approximate surface area is 101 Å². The number of ether oxygens (including phenoxy) is 1. The molecule has 0 aliphatic carbocycles. The highest BCUT2D eigenvalue weighted by Crippen LogP contribution is 2.15. The first-order chi connectivity index (χ1) is 7.94. The van der Waals surface area contributed by atoms with Crippen LogP contribution in [0.3, 0.4) is 0 Å². The molecule has 7 nitrogen and oxygen atoms in total. The van der Waals surface area contributed by atoms with Gasteiger partial charge in [-0.15, -0.1) is 0 Å². The molecule has 17 heavy (non-hydrogen) atoms. The molecular weight excluding hydrogens is 220 g/mol. The highest BCUT2D eigenvalue weighted by Gasteiger charge is 2.12. The number of nitrogens with one attached hydrogen (secondary N) is 2. The number of rotatable bonds is 5. The molecule has 1 aromatic heterocycles. The molecule has 96 valence electrons. The van der Waals surface area contributed by atoms with Crippen molar-refractivity contribution in [1.29, 1.82) is 0 Å². The Hall–Kier alpha value is -1.63. The van der Waals surface area contributed by atoms with E-state index in [0.717, 1.165) is 6.54 Å². The van der Waals surface area contributed by atoms with Gasteiger partial charge in [0.1, 0.15) is 0 Å². The van der Waals surface area contributed by atoms with Gasteiger partial charge in [0.05, 0.1) is 6.61 Å². The number of nitrogens with zero attached hydrogens (tertiary/aromatic N) is 3. The zero-order valence-corrected chi connectivity index (χ0v) is 10.7. The summed E-state index contributed by atoms with van der Waals surface area (Å²) in [5, 5.41) is 3.12. The lowest BCUT2D eigenvalue weighted by Crippen LogP contribution is -2.21. The molecule has 1 aromatic rings. The molecule has 0 radical (unpaired) electrons. The monoisotopic (exact) mass is 240 g/mol. The topological polar surface area (TPSA) is 98.0 Å². The molecule has 0 amide bonds. The van der Waals surface area contributed by atoms with Gasteiger partial charge in [-0.2, -0.15) is 15.0 Å². The van der Waals surface area contributed by atoms with Crippen LogP contribution in [0.2, 0.25) is 0 Å². The molecule has 4 N–H and O–H groups in total. The molecule has 1 heterocycles. The maximum Gasteiger partial charge on any atom is 0.323 e. The van der Waals surface area contributed by atoms with Crippen LogP contribution in [-0.4, -0.2) is 28.1 Å². The third kappa shape index (κ3) is 4.81. The molecule has 1 rings (SSSR count). The molecule has 0 aromatic carbocycles. The van der Waals surface area contributed by atoms with E-state index in [1.165, 1.54) is 0 Å². The second-order valence-corrected chi connectivity index (χ2v) is 4.76. The minimum absolute atomic E-state index is 0.134. The molecule has 0 fully saturated rings. The van der Waals surface area contributed by atoms with Crippen LogP contribution >= 0.6 is 0 Å². The molecule has 0 aliphatic heterocycles. The second kappa shape index (κ2) is 5.62. The van der Waals surface area contributed by atoms with Crippen LogP contribution in [0.4, 0.5) is 11.9 Å². The zero-order chi connectivity index (χ0) is 12.9. The zero-order valence-electron chi connectivity index (χ0n) is 10.7. The summed E-state index contributed by atoms with van der Waals surface area (Å²) >= 11 is 0. The van der Waals surface area contributed by atoms with Gasteiger partial charge in [-0.3, -0.25) is 5.43 Å². The van der Waals surface area contributed by atoms with E-state index in [9.17, 15) is 0 Å². The number of hydrogen-bond donors (Lipinski definition) is 3. The molecular formula is C10H20N6O. The minimum Gasteiger partial charge on any atom is -0.464 e. The van der Waals surface area contributed by atoms with E-state index in [1.807, 2.05) is 6.92 Å². The Morgan fingerprint density at radius 3 is 2.35 bits per heavy atom. The second-order valence-electron chi connectivity index (χ2n) is 4.76. The van der Waals surface area contributed by atoms with Crippen molar-refractivity contribution in [2.75, 3.05) is 23.9 Å². The Kier molecular flexibility index (Phi) is 4.45. The fourth-order valence-electron chi connectivity index (χ4n) is 1.04. The van der Waals surface area contributed by atoms with Crippen LogP contribution in [0.15, 0.2) is 0 Å². The van der Waals surface area contributed by atoms with Crippen molar-refractivity contribution in [3.8, 4) is 6.01 Å². The lowest BCUT2D eigenvalue weighted by Gasteiger charge is -2.18. The standard InChI is InChI=1S/C10H20N6O/c1-5-17-9-14-7(12-6-10(2,3)4)13-8(15-9)16-11/h5-6,11H2,1-4H3,(H2,12,13,14,15,16). The summed E-state index contributed by atoms with van der Waals surface area (Å²) < 4.78 is 5.22. The molecule has 0 unspecified atom stereocenters. The smallest absolute Gasteiger partial charge is 0.323 e. The molecule has 0 bridgehead atoms. The van der Waals surface area contributed by atoms with E-state index in [1.54, 1.807) is 0 Å². The SMILES string of the molecule is CCOc1nc(NN)nc(NCC(C)(C)C)n1. The summed E-state index contributed by atoms with van der Waals surface area (Å²) in [5.74, 6) is 6.01. The van der Waals surface area contributed by atoms with Gasteiger partial charge < -0.3 is 10.1 Å². The van der Waals surface area contributed by atoms with Crippen molar-refractivity contribution in [2.24, 2.45) is 11.3 Å². The fraction of sp³-hybridized carbons (Fsp3) is 0.700. The summed E-state index contributed by atoms with van der Waals surface area (Å²) in [6, 6.07) is 0.256. The minimum atomic E-state index is 0.134. The maximum absolute atomic E-state index is 5.28. The number of nitrogens with two attached hydrogens (primary N) is 1. The van der Waals surface area contributed by atoms with Crippen LogP contribution in [0.5, 0.6) is 6.01 Å². The Morgan fingerprint density at radius 2 is 1.82 bits per heavy atom. The van der Waals surface area contributed by atoms with Crippen molar-refractivity contribution < 1.29 is 4.74 Å². The third-order valence-electron chi connectivity index (χ3n) is 1.79. The Morgan fingerprint density at radius 1 is 1.18 bits per heavy atom. The fourth-order valence-corrected chi connectivity index (χ4v) is 1.04. The predicted molar refractivity (Wildman–Crippen MR) is 66.8 cm³/mol. The van der Waals surface area contributed by atoms with Gasteiger partial charge in [0.15, 0.2) is 0 Å². The van der Waals surface area contributed by atoms with Crippen molar-refractivity contribution >= 4 is 11.9 Å². The first kappa shape index (κ1) is 13.4. The van der Waals surface area contributed by atoms with Gasteiger partial charge in [0.2, 0.25) is 11.9 Å². The van der Waals surface area contributed by atoms with Crippen LogP contribution in [-0.2, 0) is 0 Å². The summed E-state index contributed by atoms with van der Waals surface area (Å²) in [4.78, 5) is 12.2. The van der Waals surface area contributed by atoms with Gasteiger partial charge in [-0.05, 0) is 12.3 Å². The number of hydrazine groups is 1. The van der Waals surface area contributed by atoms with Crippen LogP contribution in [0.1, 0.15) is 27.7 Å². The largest absolute Gasteiger partial charge is 0.464 e. The number of aromatic nitrogens is 3. The lowest BCUT2D eigenvalue weighted by molar-refractivity contribution is 0.312. The van der Waals surface area contributed by atoms with E-state index in [4.69, 9.17) is 10.6 Å². The quantitative estimate of drug-likeness (QED) is 0.522. The molecule has 0 saturated carbocycles. The Balaban J connectivity index is 2.79. The van der Waals surface area contributed by atoms with E-state index in [-0.39, 0.29) is 17.4 Å². The van der Waals surface area contributed by atoms with Crippen molar-refractivity contribution in [1.82, 2.24) is 15.0 Å². The number of nitrogen functional groups attached to an aromatic ring is 1. The van der Waals surface area contributed by atoms with Crippen molar-refractivity contribution in [2.45, 2.75) is 27.7 Å². The summed E-state index contributed by atoms with van der Waals surface area (Å²) in [5.41, 5.74) is 2.51. The van der Waals surface area contributed by atoms with Gasteiger partial charge in [-0.1, -0.05) is 20.8 Å².